The molecule has 34 heavy (non-hydrogen) atoms. The minimum Gasteiger partial charge on any atom is -0.383 e. The average Bonchev–Trinajstić information content (AvgIpc) is 3.35. The number of halogens is 5. The Labute approximate surface area is 197 Å². The molecule has 0 radical (unpaired) electrons. The molecule has 0 bridgehead atoms. The number of allylic oxidation sites excluding steroid dienone is 2. The summed E-state index contributed by atoms with van der Waals surface area (Å²) < 4.78 is 82.0. The average molecular weight is 491 g/mol. The van der Waals surface area contributed by atoms with Crippen LogP contribution in [0.2, 0.25) is 0 Å². The summed E-state index contributed by atoms with van der Waals surface area (Å²) in [5, 5.41) is 11.0. The van der Waals surface area contributed by atoms with Crippen LogP contribution < -0.4 is 0 Å². The molecule has 192 valence electrons. The van der Waals surface area contributed by atoms with Crippen LogP contribution >= 0.6 is 0 Å². The highest BCUT2D eigenvalue weighted by atomic mass is 19.4. The van der Waals surface area contributed by atoms with Gasteiger partial charge in [0.05, 0.1) is 13.2 Å². The Hall–Kier alpha value is -0.730. The second kappa shape index (κ2) is 6.39. The molecule has 1 saturated heterocycles. The predicted octanol–water partition coefficient (Wildman–Crippen LogP) is 6.40. The van der Waals surface area contributed by atoms with Crippen molar-refractivity contribution in [3.8, 4) is 0 Å². The number of ether oxygens (including phenoxy) is 2. The fourth-order valence-electron chi connectivity index (χ4n) is 9.10. The monoisotopic (exact) mass is 490 g/mol. The van der Waals surface area contributed by atoms with E-state index in [1.165, 1.54) is 12.5 Å². The van der Waals surface area contributed by atoms with Gasteiger partial charge in [0.2, 0.25) is 0 Å². The van der Waals surface area contributed by atoms with Crippen molar-refractivity contribution < 1.29 is 36.5 Å². The number of aliphatic hydroxyl groups is 1. The minimum atomic E-state index is -5.77. The molecule has 0 aromatic carbocycles. The molecule has 1 aliphatic heterocycles. The second-order valence-electron chi connectivity index (χ2n) is 13.4. The lowest BCUT2D eigenvalue weighted by Gasteiger charge is -2.56. The van der Waals surface area contributed by atoms with Crippen molar-refractivity contribution in [1.82, 2.24) is 0 Å². The van der Waals surface area contributed by atoms with Gasteiger partial charge in [-0.2, -0.15) is 22.0 Å². The molecule has 6 atom stereocenters. The molecule has 0 aromatic rings. The molecule has 4 saturated carbocycles. The molecule has 6 unspecified atom stereocenters. The van der Waals surface area contributed by atoms with Crippen LogP contribution in [-0.2, 0) is 9.47 Å². The highest BCUT2D eigenvalue weighted by molar-refractivity contribution is 5.41. The van der Waals surface area contributed by atoms with Crippen LogP contribution in [0.5, 0.6) is 0 Å². The van der Waals surface area contributed by atoms with Gasteiger partial charge in [-0.15, -0.1) is 0 Å². The molecule has 1 heterocycles. The third kappa shape index (κ3) is 2.64. The normalized spacial score (nSPS) is 48.9. The first-order valence-electron chi connectivity index (χ1n) is 12.7. The van der Waals surface area contributed by atoms with Crippen LogP contribution in [-0.4, -0.2) is 41.8 Å². The van der Waals surface area contributed by atoms with E-state index < -0.39 is 35.3 Å². The van der Waals surface area contributed by atoms with E-state index in [4.69, 9.17) is 9.47 Å². The van der Waals surface area contributed by atoms with Gasteiger partial charge in [0.15, 0.2) is 5.79 Å². The molecule has 6 rings (SSSR count). The van der Waals surface area contributed by atoms with Gasteiger partial charge < -0.3 is 14.6 Å². The Morgan fingerprint density at radius 2 is 1.59 bits per heavy atom. The smallest absolute Gasteiger partial charge is 0.383 e. The summed E-state index contributed by atoms with van der Waals surface area (Å²) in [6.07, 6.45) is 1.15. The third-order valence-corrected chi connectivity index (χ3v) is 11.1. The maximum Gasteiger partial charge on any atom is 0.456 e. The van der Waals surface area contributed by atoms with Crippen molar-refractivity contribution in [2.24, 2.45) is 33.5 Å². The molecule has 0 aromatic heterocycles. The van der Waals surface area contributed by atoms with Crippen LogP contribution in [0.15, 0.2) is 11.6 Å². The maximum absolute atomic E-state index is 14.6. The van der Waals surface area contributed by atoms with Gasteiger partial charge in [-0.25, -0.2) is 0 Å². The van der Waals surface area contributed by atoms with E-state index in [0.717, 1.165) is 38.5 Å². The van der Waals surface area contributed by atoms with Crippen LogP contribution in [0.25, 0.3) is 0 Å². The standard InChI is InChI=1S/C26H35F5O3/c1-19(2)14-33-23(34-15-19)11-10-22-12-21(22,13-23)8-4-16-17-6-9-24(32,25(27,28)26(29,30)31)20(17,3)7-5-18(16)22/h5,16-17,32H,4,6-15H2,1-3H3. The van der Waals surface area contributed by atoms with Crippen LogP contribution in [0.3, 0.4) is 0 Å². The van der Waals surface area contributed by atoms with Crippen molar-refractivity contribution in [3.63, 3.8) is 0 Å². The van der Waals surface area contributed by atoms with Crippen molar-refractivity contribution >= 4 is 0 Å². The molecule has 3 nitrogen and oxygen atoms in total. The predicted molar refractivity (Wildman–Crippen MR) is 114 cm³/mol. The Kier molecular flexibility index (Phi) is 4.45. The topological polar surface area (TPSA) is 38.7 Å². The van der Waals surface area contributed by atoms with Gasteiger partial charge in [0.25, 0.3) is 0 Å². The van der Waals surface area contributed by atoms with E-state index in [2.05, 4.69) is 13.8 Å². The lowest BCUT2D eigenvalue weighted by atomic mass is 9.52. The summed E-state index contributed by atoms with van der Waals surface area (Å²) in [4.78, 5) is 0. The van der Waals surface area contributed by atoms with Crippen LogP contribution in [0.1, 0.15) is 78.6 Å². The van der Waals surface area contributed by atoms with Crippen molar-refractivity contribution in [3.05, 3.63) is 11.6 Å². The van der Waals surface area contributed by atoms with Crippen molar-refractivity contribution in [1.29, 1.82) is 0 Å². The largest absolute Gasteiger partial charge is 0.456 e. The van der Waals surface area contributed by atoms with Crippen LogP contribution in [0.4, 0.5) is 22.0 Å². The quantitative estimate of drug-likeness (QED) is 0.341. The zero-order valence-corrected chi connectivity index (χ0v) is 20.2. The Balaban J connectivity index is 1.29. The highest BCUT2D eigenvalue weighted by Crippen LogP contribution is 2.83. The highest BCUT2D eigenvalue weighted by Gasteiger charge is 2.81. The first kappa shape index (κ1) is 23.7. The second-order valence-corrected chi connectivity index (χ2v) is 13.4. The number of rotatable bonds is 1. The molecular formula is C26H35F5O3. The number of hydrogen-bond donors (Lipinski definition) is 1. The van der Waals surface area contributed by atoms with Gasteiger partial charge >= 0.3 is 12.1 Å². The fourth-order valence-corrected chi connectivity index (χ4v) is 9.10. The zero-order chi connectivity index (χ0) is 24.6. The first-order valence-corrected chi connectivity index (χ1v) is 12.7. The summed E-state index contributed by atoms with van der Waals surface area (Å²) in [5.74, 6) is -6.08. The molecule has 8 heteroatoms. The van der Waals surface area contributed by atoms with Crippen LogP contribution in [0, 0.1) is 33.5 Å². The van der Waals surface area contributed by atoms with Gasteiger partial charge in [-0.1, -0.05) is 32.4 Å². The molecule has 0 amide bonds. The summed E-state index contributed by atoms with van der Waals surface area (Å²) in [6.45, 7) is 7.04. The third-order valence-electron chi connectivity index (χ3n) is 11.1. The Bertz CT molecular complexity index is 933. The molecule has 5 fully saturated rings. The molecule has 6 aliphatic rings. The molecule has 5 aliphatic carbocycles. The van der Waals surface area contributed by atoms with Gasteiger partial charge in [0.1, 0.15) is 5.60 Å². The number of fused-ring (bicyclic) bond motifs is 3. The lowest BCUT2D eigenvalue weighted by Crippen LogP contribution is -2.64. The van der Waals surface area contributed by atoms with E-state index >= 15 is 0 Å². The Morgan fingerprint density at radius 3 is 2.24 bits per heavy atom. The van der Waals surface area contributed by atoms with E-state index in [0.29, 0.717) is 13.2 Å². The van der Waals surface area contributed by atoms with E-state index in [9.17, 15) is 27.1 Å². The van der Waals surface area contributed by atoms with Gasteiger partial charge in [-0.3, -0.25) is 0 Å². The van der Waals surface area contributed by atoms with Gasteiger partial charge in [0, 0.05) is 23.7 Å². The van der Waals surface area contributed by atoms with Crippen molar-refractivity contribution in [2.45, 2.75) is 102 Å². The summed E-state index contributed by atoms with van der Waals surface area (Å²) in [6, 6.07) is 0. The molecule has 1 N–H and O–H groups in total. The van der Waals surface area contributed by atoms with E-state index in [1.807, 2.05) is 6.08 Å². The number of hydrogen-bond acceptors (Lipinski definition) is 3. The molecule has 1 spiro atoms. The fraction of sp³-hybridized carbons (Fsp3) is 0.923. The maximum atomic E-state index is 14.6. The van der Waals surface area contributed by atoms with Crippen molar-refractivity contribution in [2.75, 3.05) is 13.2 Å². The van der Waals surface area contributed by atoms with E-state index in [1.54, 1.807) is 0 Å². The SMILES string of the molecule is CC1(C)COC2(CCC34CC3(CCC3C4=CCC4(C)C3CCC4(O)C(F)(F)C(F)(F)F)C2)OC1. The summed E-state index contributed by atoms with van der Waals surface area (Å²) in [7, 11) is 0. The Morgan fingerprint density at radius 1 is 0.912 bits per heavy atom. The lowest BCUT2D eigenvalue weighted by molar-refractivity contribution is -0.361. The summed E-state index contributed by atoms with van der Waals surface area (Å²) in [5.41, 5.74) is -3.24. The number of alkyl halides is 5. The van der Waals surface area contributed by atoms with Gasteiger partial charge in [-0.05, 0) is 67.6 Å². The molecular weight excluding hydrogens is 455 g/mol. The first-order chi connectivity index (χ1) is 15.6. The minimum absolute atomic E-state index is 0.00453. The summed E-state index contributed by atoms with van der Waals surface area (Å²) >= 11 is 0. The zero-order valence-electron chi connectivity index (χ0n) is 20.2. The van der Waals surface area contributed by atoms with E-state index in [-0.39, 0.29) is 40.9 Å².